The molecule has 0 N–H and O–H groups in total. The molecule has 6 heteroatoms. The van der Waals surface area contributed by atoms with Gasteiger partial charge >= 0.3 is 0 Å². The summed E-state index contributed by atoms with van der Waals surface area (Å²) in [5.74, 6) is 3.84. The van der Waals surface area contributed by atoms with Crippen LogP contribution in [0.3, 0.4) is 0 Å². The summed E-state index contributed by atoms with van der Waals surface area (Å²) < 4.78 is 22.0. The summed E-state index contributed by atoms with van der Waals surface area (Å²) in [6.45, 7) is 36.5. The van der Waals surface area contributed by atoms with Crippen molar-refractivity contribution in [3.63, 3.8) is 0 Å². The minimum Gasteiger partial charge on any atom is -0.413 e. The summed E-state index contributed by atoms with van der Waals surface area (Å²) in [4.78, 5) is 0. The first-order valence-corrected chi connectivity index (χ1v) is 27.4. The third-order valence-electron chi connectivity index (χ3n) is 15.3. The van der Waals surface area contributed by atoms with Gasteiger partial charge in [-0.15, -0.1) is 0 Å². The molecule has 3 nitrogen and oxygen atoms in total. The molecule has 0 aromatic heterocycles. The smallest absolute Gasteiger partial charge is 0.192 e. The van der Waals surface area contributed by atoms with Crippen molar-refractivity contribution in [2.75, 3.05) is 0 Å². The fourth-order valence-corrected chi connectivity index (χ4v) is 14.2. The highest BCUT2D eigenvalue weighted by molar-refractivity contribution is 6.75. The van der Waals surface area contributed by atoms with Crippen molar-refractivity contribution >= 4 is 25.0 Å². The molecule has 0 radical (unpaired) electrons. The number of fused-ring (bicyclic) bond motifs is 18. The quantitative estimate of drug-likeness (QED) is 0.283. The average Bonchev–Trinajstić information content (AvgIpc) is 3.68. The molecule has 9 atom stereocenters. The second-order valence-corrected chi connectivity index (χ2v) is 35.3. The number of hydrogen-bond donors (Lipinski definition) is 0. The lowest BCUT2D eigenvalue weighted by Gasteiger charge is -2.45. The van der Waals surface area contributed by atoms with E-state index < -0.39 is 25.0 Å². The van der Waals surface area contributed by atoms with Gasteiger partial charge in [-0.2, -0.15) is 0 Å². The van der Waals surface area contributed by atoms with E-state index in [-0.39, 0.29) is 15.1 Å². The van der Waals surface area contributed by atoms with Gasteiger partial charge in [0.25, 0.3) is 0 Å². The van der Waals surface area contributed by atoms with E-state index >= 15 is 0 Å². The first-order valence-electron chi connectivity index (χ1n) is 18.7. The highest BCUT2D eigenvalue weighted by Crippen LogP contribution is 2.71. The predicted octanol–water partition coefficient (Wildman–Crippen LogP) is 11.8. The highest BCUT2D eigenvalue weighted by Gasteiger charge is 2.61. The molecular weight excluding hydrogens is 601 g/mol. The number of benzene rings is 1. The van der Waals surface area contributed by atoms with Gasteiger partial charge in [-0.05, 0) is 144 Å². The van der Waals surface area contributed by atoms with Crippen molar-refractivity contribution in [1.29, 1.82) is 0 Å². The topological polar surface area (TPSA) is 27.7 Å². The van der Waals surface area contributed by atoms with E-state index in [9.17, 15) is 0 Å². The van der Waals surface area contributed by atoms with E-state index in [0.29, 0.717) is 53.8 Å². The summed E-state index contributed by atoms with van der Waals surface area (Å²) in [5, 5.41) is 0.745. The van der Waals surface area contributed by atoms with Crippen LogP contribution in [-0.4, -0.2) is 43.3 Å². The second kappa shape index (κ2) is 9.93. The normalized spacial score (nSPS) is 35.4. The van der Waals surface area contributed by atoms with Crippen LogP contribution in [0, 0.1) is 0 Å². The lowest BCUT2D eigenvalue weighted by molar-refractivity contribution is 0.155. The Bertz CT molecular complexity index is 1200. The first-order chi connectivity index (χ1) is 20.4. The Hall–Kier alpha value is -0.249. The molecular formula is C39H66O3Si3. The van der Waals surface area contributed by atoms with Crippen LogP contribution in [0.4, 0.5) is 0 Å². The Kier molecular flexibility index (Phi) is 7.34. The van der Waals surface area contributed by atoms with E-state index in [2.05, 4.69) is 102 Å². The Morgan fingerprint density at radius 1 is 0.378 bits per heavy atom. The third kappa shape index (κ3) is 4.82. The second-order valence-electron chi connectivity index (χ2n) is 21.1. The molecule has 0 aliphatic heterocycles. The van der Waals surface area contributed by atoms with Crippen LogP contribution in [0.2, 0.25) is 54.4 Å². The van der Waals surface area contributed by atoms with Crippen molar-refractivity contribution in [3.05, 3.63) is 33.4 Å². The fraction of sp³-hybridized carbons (Fsp3) is 0.846. The molecule has 1 aromatic carbocycles. The van der Waals surface area contributed by atoms with E-state index in [1.165, 1.54) is 38.5 Å². The lowest BCUT2D eigenvalue weighted by atomic mass is 9.71. The van der Waals surface area contributed by atoms with E-state index in [4.69, 9.17) is 13.3 Å². The first kappa shape index (κ1) is 33.3. The molecule has 3 fully saturated rings. The van der Waals surface area contributed by atoms with E-state index in [1.807, 2.05) is 16.7 Å². The minimum absolute atomic E-state index is 0.248. The predicted molar refractivity (Wildman–Crippen MR) is 197 cm³/mol. The van der Waals surface area contributed by atoms with Gasteiger partial charge in [0.1, 0.15) is 0 Å². The Balaban J connectivity index is 1.32. The molecule has 252 valence electrons. The number of rotatable bonds is 6. The van der Waals surface area contributed by atoms with Gasteiger partial charge in [-0.3, -0.25) is 0 Å². The maximum Gasteiger partial charge on any atom is 0.192 e. The van der Waals surface area contributed by atoms with E-state index in [1.54, 1.807) is 16.7 Å². The molecule has 3 saturated carbocycles. The highest BCUT2D eigenvalue weighted by atomic mass is 28.4. The molecule has 6 aliphatic carbocycles. The lowest BCUT2D eigenvalue weighted by Crippen LogP contribution is -2.46. The van der Waals surface area contributed by atoms with Crippen molar-refractivity contribution < 1.29 is 13.3 Å². The zero-order valence-corrected chi connectivity index (χ0v) is 34.7. The average molecular weight is 667 g/mol. The Labute approximate surface area is 279 Å². The molecule has 7 rings (SSSR count). The molecule has 6 bridgehead atoms. The van der Waals surface area contributed by atoms with Crippen LogP contribution in [0.25, 0.3) is 0 Å². The maximum atomic E-state index is 7.32. The van der Waals surface area contributed by atoms with Crippen LogP contribution in [0.1, 0.15) is 170 Å². The van der Waals surface area contributed by atoms with Gasteiger partial charge < -0.3 is 13.3 Å². The van der Waals surface area contributed by atoms with Crippen molar-refractivity contribution in [2.45, 2.75) is 209 Å². The summed E-state index contributed by atoms with van der Waals surface area (Å²) in [5.41, 5.74) is 10.9. The Morgan fingerprint density at radius 2 is 0.600 bits per heavy atom. The van der Waals surface area contributed by atoms with Crippen molar-refractivity contribution in [2.24, 2.45) is 0 Å². The Morgan fingerprint density at radius 3 is 0.800 bits per heavy atom. The van der Waals surface area contributed by atoms with Crippen LogP contribution in [0.15, 0.2) is 0 Å². The van der Waals surface area contributed by atoms with Gasteiger partial charge in [0.05, 0.1) is 18.3 Å². The van der Waals surface area contributed by atoms with Crippen LogP contribution in [-0.2, 0) is 13.3 Å². The summed E-state index contributed by atoms with van der Waals surface area (Å²) in [6.07, 6.45) is 8.91. The summed E-state index contributed by atoms with van der Waals surface area (Å²) in [7, 11) is -5.54. The molecule has 0 saturated heterocycles. The summed E-state index contributed by atoms with van der Waals surface area (Å²) >= 11 is 0. The van der Waals surface area contributed by atoms with Crippen molar-refractivity contribution in [1.82, 2.24) is 0 Å². The standard InChI is InChI=1S/C39H66O3Si3/c1-37(2,3)43(10,11)40-28-19-22-16-25(28)34-31(22)35-26-18-24(21-30(26)42-45(14,15)39(7,8)9)33(35)36-27-17-23(32(34)36)20-29(27)41-44(12,13)38(4,5)6/h22-30H,16-21H2,1-15H3/t22-,23-,24-,25+,26+,27+,28+,29+,30+/m0/s1. The molecule has 6 aliphatic rings. The van der Waals surface area contributed by atoms with Gasteiger partial charge in [-0.1, -0.05) is 62.3 Å². The van der Waals surface area contributed by atoms with Crippen LogP contribution in [0.5, 0.6) is 0 Å². The van der Waals surface area contributed by atoms with Gasteiger partial charge in [0, 0.05) is 17.8 Å². The summed E-state index contributed by atoms with van der Waals surface area (Å²) in [6, 6.07) is 0. The molecule has 0 unspecified atom stereocenters. The fourth-order valence-electron chi connectivity index (χ4n) is 10.1. The largest absolute Gasteiger partial charge is 0.413 e. The van der Waals surface area contributed by atoms with Gasteiger partial charge in [0.2, 0.25) is 0 Å². The maximum absolute atomic E-state index is 7.32. The van der Waals surface area contributed by atoms with Gasteiger partial charge in [0.15, 0.2) is 25.0 Å². The zero-order valence-electron chi connectivity index (χ0n) is 31.7. The number of hydrogen-bond acceptors (Lipinski definition) is 3. The van der Waals surface area contributed by atoms with Gasteiger partial charge in [-0.25, -0.2) is 0 Å². The van der Waals surface area contributed by atoms with Crippen LogP contribution < -0.4 is 0 Å². The monoisotopic (exact) mass is 666 g/mol. The molecule has 0 amide bonds. The van der Waals surface area contributed by atoms with Crippen LogP contribution >= 0.6 is 0 Å². The van der Waals surface area contributed by atoms with E-state index in [0.717, 1.165) is 0 Å². The SMILES string of the molecule is CC(C)(C)[Si](C)(C)O[C@@H]1C[C@@H]2C[C@H]1c1c2c2c(c3c1[C@@H]1C[C@@H](O[Si](C)(C)C(C)(C)C)[C@H]3C1)[C@@H]1C[C@@H](O[Si](C)(C)C(C)(C)C)[C@H]2C1. The molecule has 45 heavy (non-hydrogen) atoms. The minimum atomic E-state index is -1.85. The molecule has 1 aromatic rings. The third-order valence-corrected chi connectivity index (χ3v) is 28.9. The molecule has 0 spiro atoms. The van der Waals surface area contributed by atoms with Crippen molar-refractivity contribution in [3.8, 4) is 0 Å². The zero-order chi connectivity index (χ0) is 33.0. The molecule has 0 heterocycles.